The molecule has 3 saturated heterocycles. The van der Waals surface area contributed by atoms with Crippen LogP contribution in [0.4, 0.5) is 5.82 Å². The number of thioether (sulfide) groups is 1. The van der Waals surface area contributed by atoms with Crippen LogP contribution in [0.2, 0.25) is 0 Å². The number of ether oxygens (including phenoxy) is 4. The number of hydrogen-bond donors (Lipinski definition) is 1. The molecule has 3 aliphatic heterocycles. The van der Waals surface area contributed by atoms with E-state index in [1.54, 1.807) is 24.4 Å². The maximum absolute atomic E-state index is 6.34. The molecule has 0 amide bonds. The molecule has 0 aromatic carbocycles. The third kappa shape index (κ3) is 3.17. The van der Waals surface area contributed by atoms with Gasteiger partial charge in [-0.2, -0.15) is 11.8 Å². The summed E-state index contributed by atoms with van der Waals surface area (Å²) in [6, 6.07) is 0.244. The number of aromatic nitrogens is 4. The van der Waals surface area contributed by atoms with Crippen molar-refractivity contribution in [1.29, 1.82) is 0 Å². The second-order valence-corrected chi connectivity index (χ2v) is 8.75. The minimum absolute atomic E-state index is 0.0423. The Bertz CT molecular complexity index is 856. The lowest BCUT2D eigenvalue weighted by atomic mass is 10.1. The number of imidazole rings is 1. The largest absolute Gasteiger partial charge is 0.379 e. The van der Waals surface area contributed by atoms with Crippen molar-refractivity contribution in [2.24, 2.45) is 0 Å². The Balaban J connectivity index is 1.47. The van der Waals surface area contributed by atoms with Crippen molar-refractivity contribution in [3.8, 4) is 0 Å². The van der Waals surface area contributed by atoms with Gasteiger partial charge in [-0.05, 0) is 26.5 Å². The van der Waals surface area contributed by atoms with Gasteiger partial charge in [0, 0.05) is 12.4 Å². The molecule has 3 fully saturated rings. The van der Waals surface area contributed by atoms with Crippen molar-refractivity contribution in [2.45, 2.75) is 56.6 Å². The highest BCUT2D eigenvalue weighted by molar-refractivity contribution is 7.98. The number of fused-ring (bicyclic) bond motifs is 2. The Hall–Kier alpha value is -1.46. The molecule has 0 bridgehead atoms. The predicted octanol–water partition coefficient (Wildman–Crippen LogP) is 1.81. The van der Waals surface area contributed by atoms with Crippen LogP contribution in [0, 0.1) is 0 Å². The highest BCUT2D eigenvalue weighted by Gasteiger charge is 2.55. The maximum atomic E-state index is 6.34. The molecule has 1 N–H and O–H groups in total. The first kappa shape index (κ1) is 18.6. The lowest BCUT2D eigenvalue weighted by Crippen LogP contribution is -2.31. The number of nitrogens with zero attached hydrogens (tertiary/aromatic N) is 4. The van der Waals surface area contributed by atoms with E-state index in [1.807, 2.05) is 18.4 Å². The van der Waals surface area contributed by atoms with Gasteiger partial charge in [-0.25, -0.2) is 15.0 Å². The SMILES string of the molecule is CSCC1OC(n2cnc3c(N[C@@H]4CCOC4)ncnc32)[C@@H]2OC(C)(C)O[C@H]12. The van der Waals surface area contributed by atoms with Gasteiger partial charge in [-0.15, -0.1) is 0 Å². The third-order valence-electron chi connectivity index (χ3n) is 5.36. The van der Waals surface area contributed by atoms with Crippen LogP contribution in [0.3, 0.4) is 0 Å². The molecule has 0 radical (unpaired) electrons. The lowest BCUT2D eigenvalue weighted by molar-refractivity contribution is -0.193. The van der Waals surface area contributed by atoms with Gasteiger partial charge in [0.1, 0.15) is 18.5 Å². The van der Waals surface area contributed by atoms with E-state index >= 15 is 0 Å². The molecule has 3 aliphatic rings. The standard InChI is InChI=1S/C18H25N5O4S/c1-18(2)26-13-11(7-28-3)25-17(14(13)27-18)23-9-21-12-15(19-8-20-16(12)23)22-10-4-5-24-6-10/h8-11,13-14,17H,4-7H2,1-3H3,(H,19,20,22)/t10-,11?,13-,14-,17?/m1/s1. The lowest BCUT2D eigenvalue weighted by Gasteiger charge is -2.24. The van der Waals surface area contributed by atoms with Gasteiger partial charge in [0.25, 0.3) is 0 Å². The molecule has 0 aliphatic carbocycles. The van der Waals surface area contributed by atoms with Gasteiger partial charge >= 0.3 is 0 Å². The summed E-state index contributed by atoms with van der Waals surface area (Å²) in [6.45, 7) is 5.33. The Morgan fingerprint density at radius 1 is 1.25 bits per heavy atom. The van der Waals surface area contributed by atoms with Crippen LogP contribution in [0.15, 0.2) is 12.7 Å². The van der Waals surface area contributed by atoms with Crippen LogP contribution >= 0.6 is 11.8 Å². The fraction of sp³-hybridized carbons (Fsp3) is 0.722. The molecule has 9 nitrogen and oxygen atoms in total. The van der Waals surface area contributed by atoms with Gasteiger partial charge in [0.15, 0.2) is 29.0 Å². The number of hydrogen-bond acceptors (Lipinski definition) is 9. The summed E-state index contributed by atoms with van der Waals surface area (Å²) in [5.74, 6) is 0.931. The summed E-state index contributed by atoms with van der Waals surface area (Å²) >= 11 is 1.74. The van der Waals surface area contributed by atoms with E-state index in [0.717, 1.165) is 35.8 Å². The summed E-state index contributed by atoms with van der Waals surface area (Å²) in [6.07, 6.45) is 5.63. The van der Waals surface area contributed by atoms with Crippen LogP contribution in [-0.4, -0.2) is 74.9 Å². The molecule has 5 rings (SSSR count). The van der Waals surface area contributed by atoms with Crippen LogP contribution < -0.4 is 5.32 Å². The van der Waals surface area contributed by atoms with E-state index in [0.29, 0.717) is 6.61 Å². The highest BCUT2D eigenvalue weighted by Crippen LogP contribution is 2.44. The smallest absolute Gasteiger partial charge is 0.167 e. The van der Waals surface area contributed by atoms with E-state index in [4.69, 9.17) is 18.9 Å². The fourth-order valence-corrected chi connectivity index (χ4v) is 4.76. The maximum Gasteiger partial charge on any atom is 0.167 e. The Kier molecular flexibility index (Phi) is 4.71. The zero-order valence-electron chi connectivity index (χ0n) is 16.2. The number of rotatable bonds is 5. The summed E-state index contributed by atoms with van der Waals surface area (Å²) in [7, 11) is 0. The Morgan fingerprint density at radius 3 is 2.89 bits per heavy atom. The van der Waals surface area contributed by atoms with E-state index in [2.05, 4.69) is 26.5 Å². The zero-order chi connectivity index (χ0) is 19.3. The summed E-state index contributed by atoms with van der Waals surface area (Å²) in [5.41, 5.74) is 1.44. The molecule has 2 aromatic rings. The van der Waals surface area contributed by atoms with E-state index in [9.17, 15) is 0 Å². The van der Waals surface area contributed by atoms with Crippen molar-refractivity contribution < 1.29 is 18.9 Å². The van der Waals surface area contributed by atoms with E-state index < -0.39 is 5.79 Å². The minimum atomic E-state index is -0.630. The average Bonchev–Trinajstić information content (AvgIpc) is 3.41. The van der Waals surface area contributed by atoms with Gasteiger partial charge in [-0.3, -0.25) is 4.57 Å². The van der Waals surface area contributed by atoms with E-state index in [1.165, 1.54) is 0 Å². The summed E-state index contributed by atoms with van der Waals surface area (Å²) in [4.78, 5) is 13.4. The highest BCUT2D eigenvalue weighted by atomic mass is 32.2. The van der Waals surface area contributed by atoms with Crippen LogP contribution in [-0.2, 0) is 18.9 Å². The predicted molar refractivity (Wildman–Crippen MR) is 104 cm³/mol. The van der Waals surface area contributed by atoms with Gasteiger partial charge in [-0.1, -0.05) is 0 Å². The van der Waals surface area contributed by atoms with Crippen molar-refractivity contribution in [3.63, 3.8) is 0 Å². The van der Waals surface area contributed by atoms with Crippen LogP contribution in [0.25, 0.3) is 11.2 Å². The fourth-order valence-electron chi connectivity index (χ4n) is 4.17. The normalized spacial score (nSPS) is 34.2. The second-order valence-electron chi connectivity index (χ2n) is 7.84. The average molecular weight is 407 g/mol. The first-order valence-corrected chi connectivity index (χ1v) is 11.0. The molecule has 0 saturated carbocycles. The second kappa shape index (κ2) is 7.10. The molecule has 2 unspecified atom stereocenters. The van der Waals surface area contributed by atoms with Gasteiger partial charge in [0.2, 0.25) is 0 Å². The molecular formula is C18H25N5O4S. The first-order valence-electron chi connectivity index (χ1n) is 9.57. The van der Waals surface area contributed by atoms with Gasteiger partial charge < -0.3 is 24.3 Å². The zero-order valence-corrected chi connectivity index (χ0v) is 17.0. The van der Waals surface area contributed by atoms with Crippen molar-refractivity contribution in [2.75, 3.05) is 30.5 Å². The molecule has 28 heavy (non-hydrogen) atoms. The summed E-state index contributed by atoms with van der Waals surface area (Å²) in [5, 5.41) is 3.42. The summed E-state index contributed by atoms with van der Waals surface area (Å²) < 4.78 is 26.1. The molecule has 152 valence electrons. The Morgan fingerprint density at radius 2 is 2.11 bits per heavy atom. The first-order chi connectivity index (χ1) is 13.6. The number of anilines is 1. The van der Waals surface area contributed by atoms with Crippen LogP contribution in [0.5, 0.6) is 0 Å². The van der Waals surface area contributed by atoms with Crippen molar-refractivity contribution >= 4 is 28.7 Å². The molecule has 2 aromatic heterocycles. The van der Waals surface area contributed by atoms with Crippen LogP contribution in [0.1, 0.15) is 26.5 Å². The monoisotopic (exact) mass is 407 g/mol. The molecule has 5 heterocycles. The van der Waals surface area contributed by atoms with Gasteiger partial charge in [0.05, 0.1) is 25.1 Å². The van der Waals surface area contributed by atoms with Crippen molar-refractivity contribution in [3.05, 3.63) is 12.7 Å². The molecular weight excluding hydrogens is 382 g/mol. The molecule has 0 spiro atoms. The Labute approximate surface area is 167 Å². The van der Waals surface area contributed by atoms with E-state index in [-0.39, 0.29) is 30.6 Å². The number of nitrogens with one attached hydrogen (secondary N) is 1. The topological polar surface area (TPSA) is 92.6 Å². The molecule has 10 heteroatoms. The quantitative estimate of drug-likeness (QED) is 0.796. The third-order valence-corrected chi connectivity index (χ3v) is 6.02. The van der Waals surface area contributed by atoms with Crippen molar-refractivity contribution in [1.82, 2.24) is 19.5 Å². The minimum Gasteiger partial charge on any atom is -0.379 e. The molecule has 5 atom stereocenters.